The molecule has 3 N–H and O–H groups in total. The highest BCUT2D eigenvalue weighted by molar-refractivity contribution is 8.00. The lowest BCUT2D eigenvalue weighted by atomic mass is 10.0. The molecule has 228 valence electrons. The van der Waals surface area contributed by atoms with Crippen LogP contribution in [0.25, 0.3) is 0 Å². The molecule has 13 heteroatoms. The molecule has 0 radical (unpaired) electrons. The second-order valence-corrected chi connectivity index (χ2v) is 11.9. The van der Waals surface area contributed by atoms with Gasteiger partial charge in [-0.15, -0.1) is 11.8 Å². The first kappa shape index (κ1) is 31.8. The summed E-state index contributed by atoms with van der Waals surface area (Å²) in [7, 11) is 3.59. The van der Waals surface area contributed by atoms with E-state index in [1.54, 1.807) is 18.8 Å². The average molecular weight is 606 g/mol. The summed E-state index contributed by atoms with van der Waals surface area (Å²) in [5.74, 6) is 0.238. The number of aliphatic imine (C=N–C) groups is 1. The van der Waals surface area contributed by atoms with Crippen molar-refractivity contribution < 1.29 is 22.8 Å². The molecule has 2 aliphatic heterocycles. The first-order valence-electron chi connectivity index (χ1n) is 13.9. The van der Waals surface area contributed by atoms with Crippen LogP contribution >= 0.6 is 11.8 Å². The molecule has 0 aromatic heterocycles. The lowest BCUT2D eigenvalue weighted by molar-refractivity contribution is -0.134. The van der Waals surface area contributed by atoms with E-state index in [-0.39, 0.29) is 17.1 Å². The molecule has 9 nitrogen and oxygen atoms in total. The van der Waals surface area contributed by atoms with Gasteiger partial charge in [0.2, 0.25) is 11.7 Å². The SMILES string of the molecule is CC(C)c1ccccc1N1CC(NN(C)CCc2ccc(C3N=C(C(=O)NCCC(F)(F)F)N(C)N3)cc2)SCC1=O. The molecule has 2 heterocycles. The van der Waals surface area contributed by atoms with Gasteiger partial charge in [0.1, 0.15) is 6.17 Å². The molecule has 2 aromatic rings. The maximum atomic E-state index is 12.8. The first-order chi connectivity index (χ1) is 19.9. The van der Waals surface area contributed by atoms with E-state index in [0.29, 0.717) is 18.2 Å². The van der Waals surface area contributed by atoms with Crippen LogP contribution in [0.1, 0.15) is 49.0 Å². The largest absolute Gasteiger partial charge is 0.390 e. The highest BCUT2D eigenvalue weighted by Crippen LogP contribution is 2.31. The van der Waals surface area contributed by atoms with Crippen molar-refractivity contribution in [3.8, 4) is 0 Å². The second-order valence-electron chi connectivity index (χ2n) is 10.7. The zero-order valence-corrected chi connectivity index (χ0v) is 25.1. The Bertz CT molecular complexity index is 1270. The summed E-state index contributed by atoms with van der Waals surface area (Å²) in [6.45, 7) is 5.10. The van der Waals surface area contributed by atoms with Crippen molar-refractivity contribution >= 4 is 35.1 Å². The van der Waals surface area contributed by atoms with Crippen LogP contribution in [0.3, 0.4) is 0 Å². The van der Waals surface area contributed by atoms with Gasteiger partial charge in [0.05, 0.1) is 24.1 Å². The number of para-hydroxylation sites is 1. The molecule has 2 unspecified atom stereocenters. The number of nitrogens with zero attached hydrogens (tertiary/aromatic N) is 4. The number of carbonyl (C=O) groups excluding carboxylic acids is 2. The highest BCUT2D eigenvalue weighted by atomic mass is 32.2. The van der Waals surface area contributed by atoms with Crippen LogP contribution < -0.4 is 21.1 Å². The summed E-state index contributed by atoms with van der Waals surface area (Å²) in [6.07, 6.45) is -5.15. The predicted molar refractivity (Wildman–Crippen MR) is 160 cm³/mol. The van der Waals surface area contributed by atoms with Crippen LogP contribution in [0.15, 0.2) is 53.5 Å². The summed E-state index contributed by atoms with van der Waals surface area (Å²) in [5, 5.41) is 5.80. The van der Waals surface area contributed by atoms with Crippen LogP contribution in [0.2, 0.25) is 0 Å². The molecule has 0 aliphatic carbocycles. The van der Waals surface area contributed by atoms with Gasteiger partial charge in [0.15, 0.2) is 0 Å². The molecular formula is C29H38F3N7O2S. The van der Waals surface area contributed by atoms with E-state index < -0.39 is 31.2 Å². The summed E-state index contributed by atoms with van der Waals surface area (Å²) < 4.78 is 37.1. The lowest BCUT2D eigenvalue weighted by Crippen LogP contribution is -2.52. The number of thioether (sulfide) groups is 1. The van der Waals surface area contributed by atoms with Crippen LogP contribution in [-0.4, -0.2) is 78.7 Å². The van der Waals surface area contributed by atoms with E-state index >= 15 is 0 Å². The Balaban J connectivity index is 1.27. The number of anilines is 1. The third-order valence-corrected chi connectivity index (χ3v) is 8.16. The van der Waals surface area contributed by atoms with Crippen molar-refractivity contribution in [3.05, 3.63) is 65.2 Å². The smallest absolute Gasteiger partial charge is 0.349 e. The van der Waals surface area contributed by atoms with Gasteiger partial charge in [-0.2, -0.15) is 13.2 Å². The Morgan fingerprint density at radius 3 is 2.60 bits per heavy atom. The molecule has 4 rings (SSSR count). The molecule has 2 aromatic carbocycles. The van der Waals surface area contributed by atoms with Crippen LogP contribution in [-0.2, 0) is 16.0 Å². The molecule has 42 heavy (non-hydrogen) atoms. The third-order valence-electron chi connectivity index (χ3n) is 7.08. The lowest BCUT2D eigenvalue weighted by Gasteiger charge is -2.36. The van der Waals surface area contributed by atoms with Crippen molar-refractivity contribution in [2.24, 2.45) is 4.99 Å². The number of halogens is 3. The normalized spacial score (nSPS) is 19.5. The molecule has 2 atom stereocenters. The molecule has 1 saturated heterocycles. The number of benzene rings is 2. The molecule has 1 fully saturated rings. The first-order valence-corrected chi connectivity index (χ1v) is 15.0. The van der Waals surface area contributed by atoms with Crippen molar-refractivity contribution in [2.75, 3.05) is 44.4 Å². The standard InChI is InChI=1S/C29H38F3N7O2S/c1-19(2)22-7-5-6-8-23(22)39-17-24(42-18-25(39)40)35-37(3)16-13-20-9-11-21(12-10-20)26-34-27(38(4)36-26)28(41)33-15-14-29(30,31)32/h5-12,19,24,26,35-36H,13-18H2,1-4H3,(H,33,41). The number of amides is 2. The maximum absolute atomic E-state index is 12.8. The fourth-order valence-corrected chi connectivity index (χ4v) is 5.82. The number of likely N-dealkylation sites (N-methyl/N-ethyl adjacent to an activating group) is 2. The van der Waals surface area contributed by atoms with Crippen molar-refractivity contribution in [1.29, 1.82) is 0 Å². The average Bonchev–Trinajstić information content (AvgIpc) is 3.34. The van der Waals surface area contributed by atoms with Gasteiger partial charge in [-0.05, 0) is 35.1 Å². The number of hydrogen-bond acceptors (Lipinski definition) is 8. The number of amidine groups is 1. The number of carbonyl (C=O) groups is 2. The Morgan fingerprint density at radius 1 is 1.19 bits per heavy atom. The number of hydrogen-bond donors (Lipinski definition) is 3. The van der Waals surface area contributed by atoms with Gasteiger partial charge in [-0.1, -0.05) is 56.3 Å². The summed E-state index contributed by atoms with van der Waals surface area (Å²) >= 11 is 1.61. The number of alkyl halides is 3. The Morgan fingerprint density at radius 2 is 1.90 bits per heavy atom. The van der Waals surface area contributed by atoms with Crippen molar-refractivity contribution in [2.45, 2.75) is 50.3 Å². The van der Waals surface area contributed by atoms with Gasteiger partial charge >= 0.3 is 6.18 Å². The number of rotatable bonds is 11. The zero-order chi connectivity index (χ0) is 30.4. The molecular weight excluding hydrogens is 567 g/mol. The fraction of sp³-hybridized carbons (Fsp3) is 0.483. The zero-order valence-electron chi connectivity index (χ0n) is 24.2. The number of hydrazine groups is 2. The number of nitrogens with one attached hydrogen (secondary N) is 3. The summed E-state index contributed by atoms with van der Waals surface area (Å²) in [6, 6.07) is 15.9. The van der Waals surface area contributed by atoms with E-state index in [2.05, 4.69) is 46.1 Å². The highest BCUT2D eigenvalue weighted by Gasteiger charge is 2.31. The van der Waals surface area contributed by atoms with Gasteiger partial charge < -0.3 is 10.2 Å². The Kier molecular flexibility index (Phi) is 10.5. The second kappa shape index (κ2) is 13.9. The van der Waals surface area contributed by atoms with Gasteiger partial charge in [-0.25, -0.2) is 20.9 Å². The Labute approximate surface area is 248 Å². The van der Waals surface area contributed by atoms with Gasteiger partial charge in [-0.3, -0.25) is 14.6 Å². The molecule has 0 bridgehead atoms. The van der Waals surface area contributed by atoms with Crippen molar-refractivity contribution in [3.63, 3.8) is 0 Å². The Hall–Kier alpha value is -3.13. The predicted octanol–water partition coefficient (Wildman–Crippen LogP) is 3.81. The van der Waals surface area contributed by atoms with Crippen molar-refractivity contribution in [1.82, 2.24) is 26.2 Å². The minimum atomic E-state index is -4.33. The summed E-state index contributed by atoms with van der Waals surface area (Å²) in [5.41, 5.74) is 10.7. The van der Waals surface area contributed by atoms with E-state index in [0.717, 1.165) is 29.8 Å². The minimum Gasteiger partial charge on any atom is -0.349 e. The van der Waals surface area contributed by atoms with E-state index in [1.165, 1.54) is 10.6 Å². The topological polar surface area (TPSA) is 92.3 Å². The fourth-order valence-electron chi connectivity index (χ4n) is 4.82. The van der Waals surface area contributed by atoms with Crippen LogP contribution in [0.5, 0.6) is 0 Å². The van der Waals surface area contributed by atoms with Crippen LogP contribution in [0, 0.1) is 0 Å². The summed E-state index contributed by atoms with van der Waals surface area (Å²) in [4.78, 5) is 31.3. The molecule has 2 aliphatic rings. The minimum absolute atomic E-state index is 0.0347. The van der Waals surface area contributed by atoms with Gasteiger partial charge in [0.25, 0.3) is 5.91 Å². The monoisotopic (exact) mass is 605 g/mol. The maximum Gasteiger partial charge on any atom is 0.390 e. The third kappa shape index (κ3) is 8.46. The molecule has 2 amide bonds. The van der Waals surface area contributed by atoms with E-state index in [9.17, 15) is 22.8 Å². The van der Waals surface area contributed by atoms with E-state index in [1.807, 2.05) is 54.4 Å². The van der Waals surface area contributed by atoms with Gasteiger partial charge in [0, 0.05) is 32.9 Å². The van der Waals surface area contributed by atoms with Crippen LogP contribution in [0.4, 0.5) is 18.9 Å². The quantitative estimate of drug-likeness (QED) is 0.336. The van der Waals surface area contributed by atoms with E-state index in [4.69, 9.17) is 0 Å². The molecule has 0 spiro atoms. The molecule has 0 saturated carbocycles.